The van der Waals surface area contributed by atoms with Crippen molar-refractivity contribution in [2.24, 2.45) is 0 Å². The fraction of sp³-hybridized carbons (Fsp3) is 0.467. The molecule has 20 heavy (non-hydrogen) atoms. The Kier molecular flexibility index (Phi) is 5.12. The van der Waals surface area contributed by atoms with Gasteiger partial charge in [0.25, 0.3) is 0 Å². The fourth-order valence-electron chi connectivity index (χ4n) is 2.21. The number of aliphatic hydroxyl groups is 1. The first-order valence-corrected chi connectivity index (χ1v) is 6.88. The number of hydrogen-bond donors (Lipinski definition) is 2. The molecule has 0 aliphatic carbocycles. The van der Waals surface area contributed by atoms with Crippen LogP contribution in [0.1, 0.15) is 37.2 Å². The molecule has 0 spiro atoms. The summed E-state index contributed by atoms with van der Waals surface area (Å²) in [5, 5.41) is 11.0. The number of piperidine rings is 1. The molecule has 5 nitrogen and oxygen atoms in total. The van der Waals surface area contributed by atoms with Crippen molar-refractivity contribution in [2.45, 2.75) is 31.6 Å². The maximum Gasteiger partial charge on any atom is 0.234 e. The lowest BCUT2D eigenvalue weighted by Gasteiger charge is -2.21. The van der Waals surface area contributed by atoms with Gasteiger partial charge < -0.3 is 9.84 Å². The zero-order valence-electron chi connectivity index (χ0n) is 11.3. The Bertz CT molecular complexity index is 469. The number of hydrogen-bond acceptors (Lipinski definition) is 4. The number of carbonyl (C=O) groups excluding carboxylic acids is 2. The molecular weight excluding hydrogens is 258 g/mol. The van der Waals surface area contributed by atoms with E-state index in [9.17, 15) is 9.59 Å². The molecule has 0 bridgehead atoms. The minimum Gasteiger partial charge on any atom is -0.494 e. The van der Waals surface area contributed by atoms with Gasteiger partial charge in [0.15, 0.2) is 0 Å². The van der Waals surface area contributed by atoms with Gasteiger partial charge in [0, 0.05) is 13.0 Å². The number of benzene rings is 1. The normalized spacial score (nSPS) is 18.8. The lowest BCUT2D eigenvalue weighted by molar-refractivity contribution is -0.134. The first-order valence-electron chi connectivity index (χ1n) is 6.88. The Hall–Kier alpha value is -1.88. The maximum atomic E-state index is 11.7. The third kappa shape index (κ3) is 3.81. The summed E-state index contributed by atoms with van der Waals surface area (Å²) in [6.45, 7) is 0.746. The summed E-state index contributed by atoms with van der Waals surface area (Å²) in [6.07, 6.45) is 2.48. The lowest BCUT2D eigenvalue weighted by Crippen LogP contribution is -2.39. The van der Waals surface area contributed by atoms with Crippen molar-refractivity contribution < 1.29 is 19.4 Å². The molecule has 108 valence electrons. The van der Waals surface area contributed by atoms with Crippen LogP contribution in [0.3, 0.4) is 0 Å². The number of carbonyl (C=O) groups is 2. The van der Waals surface area contributed by atoms with Crippen molar-refractivity contribution in [1.82, 2.24) is 5.32 Å². The van der Waals surface area contributed by atoms with E-state index >= 15 is 0 Å². The number of nitrogens with one attached hydrogen (secondary N) is 1. The predicted molar refractivity (Wildman–Crippen MR) is 73.4 cm³/mol. The van der Waals surface area contributed by atoms with Crippen molar-refractivity contribution in [3.63, 3.8) is 0 Å². The molecule has 1 atom stereocenters. The summed E-state index contributed by atoms with van der Waals surface area (Å²) in [5.41, 5.74) is 0.901. The van der Waals surface area contributed by atoms with Gasteiger partial charge in [0.05, 0.1) is 12.5 Å². The van der Waals surface area contributed by atoms with E-state index in [4.69, 9.17) is 9.84 Å². The van der Waals surface area contributed by atoms with Crippen LogP contribution in [0.25, 0.3) is 0 Å². The predicted octanol–water partition coefficient (Wildman–Crippen LogP) is 1.36. The van der Waals surface area contributed by atoms with Crippen molar-refractivity contribution >= 4 is 11.8 Å². The summed E-state index contributed by atoms with van der Waals surface area (Å²) < 4.78 is 5.53. The van der Waals surface area contributed by atoms with E-state index in [0.717, 1.165) is 24.2 Å². The smallest absolute Gasteiger partial charge is 0.234 e. The Morgan fingerprint density at radius 1 is 1.20 bits per heavy atom. The van der Waals surface area contributed by atoms with Gasteiger partial charge in [-0.3, -0.25) is 14.9 Å². The molecule has 1 aliphatic rings. The van der Waals surface area contributed by atoms with Crippen LogP contribution in [-0.2, 0) is 9.59 Å². The largest absolute Gasteiger partial charge is 0.494 e. The molecule has 1 heterocycles. The van der Waals surface area contributed by atoms with Crippen LogP contribution in [0.2, 0.25) is 0 Å². The zero-order chi connectivity index (χ0) is 14.4. The van der Waals surface area contributed by atoms with Crippen LogP contribution in [0, 0.1) is 0 Å². The number of imide groups is 1. The van der Waals surface area contributed by atoms with Gasteiger partial charge in [0.1, 0.15) is 5.75 Å². The average molecular weight is 277 g/mol. The molecule has 0 saturated carbocycles. The van der Waals surface area contributed by atoms with E-state index in [1.165, 1.54) is 0 Å². The second-order valence-electron chi connectivity index (χ2n) is 4.85. The molecule has 1 fully saturated rings. The van der Waals surface area contributed by atoms with E-state index in [0.29, 0.717) is 19.4 Å². The number of amides is 2. The Balaban J connectivity index is 1.91. The van der Waals surface area contributed by atoms with E-state index in [2.05, 4.69) is 5.32 Å². The highest BCUT2D eigenvalue weighted by Gasteiger charge is 2.27. The third-order valence-corrected chi connectivity index (χ3v) is 3.34. The Morgan fingerprint density at radius 3 is 2.60 bits per heavy atom. The molecule has 2 N–H and O–H groups in total. The van der Waals surface area contributed by atoms with Crippen LogP contribution >= 0.6 is 0 Å². The molecule has 0 radical (unpaired) electrons. The van der Waals surface area contributed by atoms with Crippen molar-refractivity contribution in [3.8, 4) is 5.75 Å². The summed E-state index contributed by atoms with van der Waals surface area (Å²) in [4.78, 5) is 22.9. The van der Waals surface area contributed by atoms with Gasteiger partial charge in [-0.05, 0) is 37.0 Å². The number of rotatable bonds is 6. The van der Waals surface area contributed by atoms with Gasteiger partial charge in [-0.25, -0.2) is 0 Å². The second-order valence-corrected chi connectivity index (χ2v) is 4.85. The Morgan fingerprint density at radius 2 is 1.95 bits per heavy atom. The first-order chi connectivity index (χ1) is 9.70. The SMILES string of the molecule is O=C1CCC(c2ccc(OCCCCO)cc2)C(=O)N1. The molecule has 2 rings (SSSR count). The summed E-state index contributed by atoms with van der Waals surface area (Å²) in [7, 11) is 0. The maximum absolute atomic E-state index is 11.7. The average Bonchev–Trinajstić information content (AvgIpc) is 2.45. The van der Waals surface area contributed by atoms with E-state index in [1.807, 2.05) is 24.3 Å². The van der Waals surface area contributed by atoms with Crippen molar-refractivity contribution in [2.75, 3.05) is 13.2 Å². The van der Waals surface area contributed by atoms with Crippen LogP contribution < -0.4 is 10.1 Å². The van der Waals surface area contributed by atoms with Crippen LogP contribution in [0.5, 0.6) is 5.75 Å². The van der Waals surface area contributed by atoms with Crippen molar-refractivity contribution in [3.05, 3.63) is 29.8 Å². The third-order valence-electron chi connectivity index (χ3n) is 3.34. The lowest BCUT2D eigenvalue weighted by atomic mass is 9.90. The zero-order valence-corrected chi connectivity index (χ0v) is 11.3. The highest BCUT2D eigenvalue weighted by Crippen LogP contribution is 2.26. The number of aliphatic hydroxyl groups excluding tert-OH is 1. The molecule has 5 heteroatoms. The summed E-state index contributed by atoms with van der Waals surface area (Å²) in [6, 6.07) is 7.39. The van der Waals surface area contributed by atoms with Gasteiger partial charge in [-0.2, -0.15) is 0 Å². The van der Waals surface area contributed by atoms with Crippen LogP contribution in [0.4, 0.5) is 0 Å². The number of ether oxygens (including phenoxy) is 1. The van der Waals surface area contributed by atoms with Gasteiger partial charge >= 0.3 is 0 Å². The minimum atomic E-state index is -0.254. The first kappa shape index (κ1) is 14.5. The van der Waals surface area contributed by atoms with E-state index < -0.39 is 0 Å². The Labute approximate surface area is 117 Å². The molecule has 1 aromatic rings. The quantitative estimate of drug-likeness (QED) is 0.608. The van der Waals surface area contributed by atoms with E-state index in [-0.39, 0.29) is 24.3 Å². The molecule has 1 saturated heterocycles. The fourth-order valence-corrected chi connectivity index (χ4v) is 2.21. The minimum absolute atomic E-state index is 0.178. The topological polar surface area (TPSA) is 75.6 Å². The van der Waals surface area contributed by atoms with Crippen LogP contribution in [0.15, 0.2) is 24.3 Å². The molecule has 1 aliphatic heterocycles. The molecule has 0 aromatic heterocycles. The highest BCUT2D eigenvalue weighted by atomic mass is 16.5. The number of unbranched alkanes of at least 4 members (excludes halogenated alkanes) is 1. The summed E-state index contributed by atoms with van der Waals surface area (Å²) in [5.74, 6) is 0.0723. The standard InChI is InChI=1S/C15H19NO4/c17-9-1-2-10-20-12-5-3-11(4-6-12)13-7-8-14(18)16-15(13)19/h3-6,13,17H,1-2,7-10H2,(H,16,18,19). The molecule has 2 amide bonds. The highest BCUT2D eigenvalue weighted by molar-refractivity contribution is 6.00. The second kappa shape index (κ2) is 7.05. The van der Waals surface area contributed by atoms with Crippen LogP contribution in [-0.4, -0.2) is 30.1 Å². The molecular formula is C15H19NO4. The van der Waals surface area contributed by atoms with Gasteiger partial charge in [-0.1, -0.05) is 12.1 Å². The van der Waals surface area contributed by atoms with Gasteiger partial charge in [-0.15, -0.1) is 0 Å². The van der Waals surface area contributed by atoms with Gasteiger partial charge in [0.2, 0.25) is 11.8 Å². The summed E-state index contributed by atoms with van der Waals surface area (Å²) >= 11 is 0. The van der Waals surface area contributed by atoms with E-state index in [1.54, 1.807) is 0 Å². The molecule has 1 unspecified atom stereocenters. The van der Waals surface area contributed by atoms with Crippen molar-refractivity contribution in [1.29, 1.82) is 0 Å². The molecule has 1 aromatic carbocycles. The monoisotopic (exact) mass is 277 g/mol.